The summed E-state index contributed by atoms with van der Waals surface area (Å²) in [6, 6.07) is 7.49. The lowest BCUT2D eigenvalue weighted by Gasteiger charge is -2.23. The van der Waals surface area contributed by atoms with Gasteiger partial charge >= 0.3 is 6.03 Å². The Morgan fingerprint density at radius 2 is 2.32 bits per heavy atom. The van der Waals surface area contributed by atoms with Crippen LogP contribution in [0.4, 0.5) is 10.5 Å². The first-order chi connectivity index (χ1) is 12.2. The zero-order valence-corrected chi connectivity index (χ0v) is 14.0. The first-order valence-electron chi connectivity index (χ1n) is 8.41. The monoisotopic (exact) mass is 336 g/mol. The number of urea groups is 1. The Labute approximate surface area is 145 Å². The molecule has 0 fully saturated rings. The highest BCUT2D eigenvalue weighted by molar-refractivity contribution is 5.90. The summed E-state index contributed by atoms with van der Waals surface area (Å²) in [5, 5.41) is 17.3. The summed E-state index contributed by atoms with van der Waals surface area (Å²) in [4.78, 5) is 12.5. The molecule has 0 saturated heterocycles. The van der Waals surface area contributed by atoms with Gasteiger partial charge in [0.25, 0.3) is 0 Å². The van der Waals surface area contributed by atoms with Crippen molar-refractivity contribution in [2.45, 2.75) is 32.2 Å². The molecule has 0 saturated carbocycles. The molecular weight excluding hydrogens is 316 g/mol. The molecule has 0 aliphatic heterocycles. The molecule has 3 N–H and O–H groups in total. The smallest absolute Gasteiger partial charge is 0.319 e. The van der Waals surface area contributed by atoms with Gasteiger partial charge in [-0.05, 0) is 55.5 Å². The second kappa shape index (κ2) is 6.43. The number of amides is 2. The predicted octanol–water partition coefficient (Wildman–Crippen LogP) is 3.10. The largest absolute Gasteiger partial charge is 0.330 e. The SMILES string of the molecule is Cc1ccc(-n2cccn2)cc1NC(=O)N[C@H]1CCCc2cn[nH]c21. The van der Waals surface area contributed by atoms with Crippen molar-refractivity contribution in [3.8, 4) is 5.69 Å². The first-order valence-corrected chi connectivity index (χ1v) is 8.41. The molecule has 1 aromatic carbocycles. The Morgan fingerprint density at radius 1 is 1.40 bits per heavy atom. The Bertz CT molecular complexity index is 883. The number of fused-ring (bicyclic) bond motifs is 1. The second-order valence-corrected chi connectivity index (χ2v) is 6.30. The zero-order valence-electron chi connectivity index (χ0n) is 14.0. The highest BCUT2D eigenvalue weighted by Crippen LogP contribution is 2.27. The van der Waals surface area contributed by atoms with Gasteiger partial charge in [0.2, 0.25) is 0 Å². The normalized spacial score (nSPS) is 16.3. The molecule has 4 rings (SSSR count). The van der Waals surface area contributed by atoms with Crippen LogP contribution in [0.3, 0.4) is 0 Å². The highest BCUT2D eigenvalue weighted by Gasteiger charge is 2.23. The summed E-state index contributed by atoms with van der Waals surface area (Å²) in [7, 11) is 0. The van der Waals surface area contributed by atoms with E-state index < -0.39 is 0 Å². The first kappa shape index (κ1) is 15.4. The fourth-order valence-corrected chi connectivity index (χ4v) is 3.23. The van der Waals surface area contributed by atoms with E-state index in [4.69, 9.17) is 0 Å². The van der Waals surface area contributed by atoms with Gasteiger partial charge in [-0.25, -0.2) is 9.48 Å². The number of H-pyrrole nitrogens is 1. The van der Waals surface area contributed by atoms with Gasteiger partial charge in [0.05, 0.1) is 23.6 Å². The third kappa shape index (κ3) is 3.13. The summed E-state index contributed by atoms with van der Waals surface area (Å²) < 4.78 is 1.76. The van der Waals surface area contributed by atoms with Crippen molar-refractivity contribution in [2.24, 2.45) is 0 Å². The van der Waals surface area contributed by atoms with Crippen LogP contribution < -0.4 is 10.6 Å². The molecule has 2 amide bonds. The maximum Gasteiger partial charge on any atom is 0.319 e. The number of nitrogens with zero attached hydrogens (tertiary/aromatic N) is 3. The second-order valence-electron chi connectivity index (χ2n) is 6.30. The van der Waals surface area contributed by atoms with Gasteiger partial charge in [0, 0.05) is 18.1 Å². The van der Waals surface area contributed by atoms with Crippen molar-refractivity contribution in [1.29, 1.82) is 0 Å². The van der Waals surface area contributed by atoms with E-state index in [1.165, 1.54) is 5.56 Å². The highest BCUT2D eigenvalue weighted by atomic mass is 16.2. The number of carbonyl (C=O) groups is 1. The molecule has 0 unspecified atom stereocenters. The Kier molecular flexibility index (Phi) is 3.97. The minimum absolute atomic E-state index is 0.0270. The number of hydrogen-bond acceptors (Lipinski definition) is 3. The van der Waals surface area contributed by atoms with E-state index >= 15 is 0 Å². The molecule has 7 nitrogen and oxygen atoms in total. The summed E-state index contributed by atoms with van der Waals surface area (Å²) in [6.07, 6.45) is 8.41. The van der Waals surface area contributed by atoms with Crippen molar-refractivity contribution in [2.75, 3.05) is 5.32 Å². The molecule has 25 heavy (non-hydrogen) atoms. The van der Waals surface area contributed by atoms with Crippen molar-refractivity contribution in [3.63, 3.8) is 0 Å². The third-order valence-corrected chi connectivity index (χ3v) is 4.58. The van der Waals surface area contributed by atoms with E-state index in [2.05, 4.69) is 25.9 Å². The molecule has 1 aliphatic carbocycles. The van der Waals surface area contributed by atoms with E-state index in [0.29, 0.717) is 0 Å². The van der Waals surface area contributed by atoms with Gasteiger partial charge in [-0.2, -0.15) is 10.2 Å². The number of aromatic amines is 1. The quantitative estimate of drug-likeness (QED) is 0.687. The van der Waals surface area contributed by atoms with Gasteiger partial charge in [-0.15, -0.1) is 0 Å². The lowest BCUT2D eigenvalue weighted by Crippen LogP contribution is -2.34. The number of aromatic nitrogens is 4. The Hall–Kier alpha value is -3.09. The number of aryl methyl sites for hydroxylation is 2. The number of rotatable bonds is 3. The van der Waals surface area contributed by atoms with Crippen molar-refractivity contribution >= 4 is 11.7 Å². The fourth-order valence-electron chi connectivity index (χ4n) is 3.23. The van der Waals surface area contributed by atoms with E-state index in [0.717, 1.165) is 41.9 Å². The minimum Gasteiger partial charge on any atom is -0.330 e. The maximum atomic E-state index is 12.5. The average molecular weight is 336 g/mol. The van der Waals surface area contributed by atoms with Crippen LogP contribution in [0, 0.1) is 6.92 Å². The molecule has 128 valence electrons. The fraction of sp³-hybridized carbons (Fsp3) is 0.278. The molecule has 2 aromatic heterocycles. The maximum absolute atomic E-state index is 12.5. The van der Waals surface area contributed by atoms with Crippen molar-refractivity contribution < 1.29 is 4.79 Å². The van der Waals surface area contributed by atoms with E-state index in [-0.39, 0.29) is 12.1 Å². The van der Waals surface area contributed by atoms with Crippen molar-refractivity contribution in [1.82, 2.24) is 25.3 Å². The van der Waals surface area contributed by atoms with Crippen LogP contribution in [0.2, 0.25) is 0 Å². The molecular formula is C18H20N6O. The molecule has 1 atom stereocenters. The third-order valence-electron chi connectivity index (χ3n) is 4.58. The summed E-state index contributed by atoms with van der Waals surface area (Å²) in [5.41, 5.74) is 4.87. The summed E-state index contributed by atoms with van der Waals surface area (Å²) >= 11 is 0. The van der Waals surface area contributed by atoms with Crippen LogP contribution in [0.1, 0.15) is 35.7 Å². The topological polar surface area (TPSA) is 87.6 Å². The lowest BCUT2D eigenvalue weighted by molar-refractivity contribution is 0.246. The van der Waals surface area contributed by atoms with Crippen LogP contribution in [0.5, 0.6) is 0 Å². The number of benzene rings is 1. The summed E-state index contributed by atoms with van der Waals surface area (Å²) in [6.45, 7) is 1.97. The Balaban J connectivity index is 1.49. The molecule has 3 aromatic rings. The molecule has 7 heteroatoms. The number of anilines is 1. The molecule has 0 radical (unpaired) electrons. The molecule has 0 spiro atoms. The molecule has 0 bridgehead atoms. The standard InChI is InChI=1S/C18H20N6O/c1-12-6-7-14(24-9-3-8-20-24)10-16(12)22-18(25)21-15-5-2-4-13-11-19-23-17(13)15/h3,6-11,15H,2,4-5H2,1H3,(H,19,23)(H2,21,22,25)/t15-/m0/s1. The number of carbonyl (C=O) groups excluding carboxylic acids is 1. The zero-order chi connectivity index (χ0) is 17.2. The van der Waals surface area contributed by atoms with Crippen LogP contribution >= 0.6 is 0 Å². The molecule has 2 heterocycles. The van der Waals surface area contributed by atoms with Gasteiger partial charge < -0.3 is 10.6 Å². The van der Waals surface area contributed by atoms with Gasteiger partial charge in [-0.3, -0.25) is 5.10 Å². The van der Waals surface area contributed by atoms with Gasteiger partial charge in [0.15, 0.2) is 0 Å². The number of hydrogen-bond donors (Lipinski definition) is 3. The van der Waals surface area contributed by atoms with E-state index in [1.807, 2.05) is 43.6 Å². The molecule has 1 aliphatic rings. The van der Waals surface area contributed by atoms with Gasteiger partial charge in [0.1, 0.15) is 0 Å². The summed E-state index contributed by atoms with van der Waals surface area (Å²) in [5.74, 6) is 0. The minimum atomic E-state index is -0.215. The van der Waals surface area contributed by atoms with Crippen LogP contribution in [-0.2, 0) is 6.42 Å². The predicted molar refractivity (Wildman–Crippen MR) is 94.7 cm³/mol. The average Bonchev–Trinajstić information content (AvgIpc) is 3.28. The van der Waals surface area contributed by atoms with Crippen molar-refractivity contribution in [3.05, 3.63) is 59.7 Å². The van der Waals surface area contributed by atoms with Crippen LogP contribution in [0.25, 0.3) is 5.69 Å². The van der Waals surface area contributed by atoms with Crippen LogP contribution in [0.15, 0.2) is 42.9 Å². The van der Waals surface area contributed by atoms with Gasteiger partial charge in [-0.1, -0.05) is 6.07 Å². The van der Waals surface area contributed by atoms with Crippen LogP contribution in [-0.4, -0.2) is 26.0 Å². The van der Waals surface area contributed by atoms with E-state index in [1.54, 1.807) is 10.9 Å². The van der Waals surface area contributed by atoms with E-state index in [9.17, 15) is 4.79 Å². The number of nitrogens with one attached hydrogen (secondary N) is 3. The Morgan fingerprint density at radius 3 is 3.16 bits per heavy atom. The lowest BCUT2D eigenvalue weighted by atomic mass is 9.94.